The summed E-state index contributed by atoms with van der Waals surface area (Å²) in [7, 11) is 1.59. The van der Waals surface area contributed by atoms with Crippen LogP contribution in [-0.2, 0) is 9.59 Å². The number of carbonyl (C=O) groups is 2. The van der Waals surface area contributed by atoms with Gasteiger partial charge in [-0.2, -0.15) is 0 Å². The molecule has 0 aromatic heterocycles. The van der Waals surface area contributed by atoms with Gasteiger partial charge in [0.15, 0.2) is 0 Å². The molecule has 1 atom stereocenters. The van der Waals surface area contributed by atoms with Crippen LogP contribution in [0.5, 0.6) is 5.75 Å². The maximum absolute atomic E-state index is 11.5. The molecule has 6 nitrogen and oxygen atoms in total. The maximum Gasteiger partial charge on any atom is 0.225 e. The number of ether oxygens (including phenoxy) is 1. The van der Waals surface area contributed by atoms with Gasteiger partial charge >= 0.3 is 0 Å². The predicted molar refractivity (Wildman–Crippen MR) is 84.8 cm³/mol. The van der Waals surface area contributed by atoms with E-state index in [0.717, 1.165) is 0 Å². The Kier molecular flexibility index (Phi) is 9.16. The van der Waals surface area contributed by atoms with Gasteiger partial charge < -0.3 is 21.1 Å². The summed E-state index contributed by atoms with van der Waals surface area (Å²) in [4.78, 5) is 22.5. The second-order valence-electron chi connectivity index (χ2n) is 4.53. The molecule has 1 aromatic rings. The second-order valence-corrected chi connectivity index (χ2v) is 4.53. The van der Waals surface area contributed by atoms with Gasteiger partial charge in [-0.05, 0) is 31.2 Å². The zero-order valence-corrected chi connectivity index (χ0v) is 13.0. The topological polar surface area (TPSA) is 93.5 Å². The summed E-state index contributed by atoms with van der Waals surface area (Å²) in [5.41, 5.74) is 6.24. The SMILES string of the molecule is CNC(=O)CCOc1ccc(NC(=O)CC(C)N)cc1.Cl. The van der Waals surface area contributed by atoms with Gasteiger partial charge in [-0.15, -0.1) is 12.4 Å². The van der Waals surface area contributed by atoms with E-state index >= 15 is 0 Å². The minimum Gasteiger partial charge on any atom is -0.493 e. The van der Waals surface area contributed by atoms with E-state index in [1.54, 1.807) is 38.2 Å². The van der Waals surface area contributed by atoms with Crippen molar-refractivity contribution in [3.8, 4) is 5.75 Å². The smallest absolute Gasteiger partial charge is 0.225 e. The lowest BCUT2D eigenvalue weighted by molar-refractivity contribution is -0.121. The van der Waals surface area contributed by atoms with Crippen LogP contribution in [0.1, 0.15) is 19.8 Å². The molecule has 0 aliphatic heterocycles. The first-order valence-corrected chi connectivity index (χ1v) is 6.50. The molecule has 0 aliphatic rings. The molecule has 1 unspecified atom stereocenters. The van der Waals surface area contributed by atoms with Gasteiger partial charge in [0.05, 0.1) is 13.0 Å². The number of halogens is 1. The fourth-order valence-electron chi connectivity index (χ4n) is 1.53. The molecule has 0 radical (unpaired) electrons. The van der Waals surface area contributed by atoms with Gasteiger partial charge in [0.2, 0.25) is 11.8 Å². The van der Waals surface area contributed by atoms with E-state index in [1.807, 2.05) is 0 Å². The Labute approximate surface area is 130 Å². The Hall–Kier alpha value is -1.79. The number of nitrogens with one attached hydrogen (secondary N) is 2. The third-order valence-corrected chi connectivity index (χ3v) is 2.52. The molecule has 0 saturated heterocycles. The average Bonchev–Trinajstić information content (AvgIpc) is 2.39. The second kappa shape index (κ2) is 10.0. The summed E-state index contributed by atoms with van der Waals surface area (Å²) < 4.78 is 5.41. The lowest BCUT2D eigenvalue weighted by Crippen LogP contribution is -2.23. The predicted octanol–water partition coefficient (Wildman–Crippen LogP) is 1.30. The highest BCUT2D eigenvalue weighted by molar-refractivity contribution is 5.91. The Morgan fingerprint density at radius 1 is 1.24 bits per heavy atom. The van der Waals surface area contributed by atoms with Crippen molar-refractivity contribution in [1.29, 1.82) is 0 Å². The lowest BCUT2D eigenvalue weighted by atomic mass is 10.2. The summed E-state index contributed by atoms with van der Waals surface area (Å²) in [5.74, 6) is 0.470. The molecular formula is C14H22ClN3O3. The fraction of sp³-hybridized carbons (Fsp3) is 0.429. The Balaban J connectivity index is 0.00000400. The van der Waals surface area contributed by atoms with Crippen molar-refractivity contribution in [1.82, 2.24) is 5.32 Å². The summed E-state index contributed by atoms with van der Waals surface area (Å²) in [6.45, 7) is 2.10. The molecule has 21 heavy (non-hydrogen) atoms. The van der Waals surface area contributed by atoms with Gasteiger partial charge in [-0.25, -0.2) is 0 Å². The van der Waals surface area contributed by atoms with E-state index in [-0.39, 0.29) is 36.7 Å². The molecule has 1 aromatic carbocycles. The first-order valence-electron chi connectivity index (χ1n) is 6.50. The van der Waals surface area contributed by atoms with Crippen LogP contribution in [-0.4, -0.2) is 31.5 Å². The Morgan fingerprint density at radius 3 is 2.38 bits per heavy atom. The summed E-state index contributed by atoms with van der Waals surface area (Å²) in [6, 6.07) is 6.81. The van der Waals surface area contributed by atoms with Crippen LogP contribution in [0, 0.1) is 0 Å². The van der Waals surface area contributed by atoms with Crippen molar-refractivity contribution in [3.05, 3.63) is 24.3 Å². The Bertz CT molecular complexity index is 449. The van der Waals surface area contributed by atoms with Crippen molar-refractivity contribution in [2.45, 2.75) is 25.8 Å². The molecule has 0 heterocycles. The standard InChI is InChI=1S/C14H21N3O3.ClH/c1-10(15)9-14(19)17-11-3-5-12(6-4-11)20-8-7-13(18)16-2;/h3-6,10H,7-9,15H2,1-2H3,(H,16,18)(H,17,19);1H. The van der Waals surface area contributed by atoms with E-state index in [0.29, 0.717) is 24.5 Å². The van der Waals surface area contributed by atoms with Crippen LogP contribution in [0.2, 0.25) is 0 Å². The zero-order valence-electron chi connectivity index (χ0n) is 12.2. The van der Waals surface area contributed by atoms with Gasteiger partial charge in [0.1, 0.15) is 5.75 Å². The van der Waals surface area contributed by atoms with E-state index in [2.05, 4.69) is 10.6 Å². The molecule has 0 spiro atoms. The number of hydrogen-bond acceptors (Lipinski definition) is 4. The normalized spacial score (nSPS) is 11.0. The lowest BCUT2D eigenvalue weighted by Gasteiger charge is -2.09. The van der Waals surface area contributed by atoms with Gasteiger partial charge in [0, 0.05) is 25.2 Å². The molecule has 118 valence electrons. The zero-order chi connectivity index (χ0) is 15.0. The van der Waals surface area contributed by atoms with Crippen molar-refractivity contribution in [2.75, 3.05) is 19.0 Å². The van der Waals surface area contributed by atoms with Crippen LogP contribution in [0.3, 0.4) is 0 Å². The summed E-state index contributed by atoms with van der Waals surface area (Å²) in [6.07, 6.45) is 0.591. The molecule has 1 rings (SSSR count). The minimum atomic E-state index is -0.165. The number of amides is 2. The molecule has 0 saturated carbocycles. The van der Waals surface area contributed by atoms with Crippen LogP contribution < -0.4 is 21.1 Å². The van der Waals surface area contributed by atoms with Crippen LogP contribution in [0.4, 0.5) is 5.69 Å². The molecule has 2 amide bonds. The molecule has 0 aliphatic carbocycles. The number of rotatable bonds is 7. The largest absolute Gasteiger partial charge is 0.493 e. The first-order chi connectivity index (χ1) is 9.51. The van der Waals surface area contributed by atoms with Crippen molar-refractivity contribution in [3.63, 3.8) is 0 Å². The van der Waals surface area contributed by atoms with E-state index in [1.165, 1.54) is 0 Å². The van der Waals surface area contributed by atoms with Crippen molar-refractivity contribution in [2.24, 2.45) is 5.73 Å². The summed E-state index contributed by atoms with van der Waals surface area (Å²) >= 11 is 0. The molecule has 4 N–H and O–H groups in total. The molecule has 0 fully saturated rings. The molecule has 7 heteroatoms. The number of hydrogen-bond donors (Lipinski definition) is 3. The fourth-order valence-corrected chi connectivity index (χ4v) is 1.53. The first kappa shape index (κ1) is 19.2. The highest BCUT2D eigenvalue weighted by Gasteiger charge is 2.05. The molecule has 0 bridgehead atoms. The highest BCUT2D eigenvalue weighted by Crippen LogP contribution is 2.16. The number of carbonyl (C=O) groups excluding carboxylic acids is 2. The van der Waals surface area contributed by atoms with E-state index in [9.17, 15) is 9.59 Å². The van der Waals surface area contributed by atoms with E-state index in [4.69, 9.17) is 10.5 Å². The number of benzene rings is 1. The third-order valence-electron chi connectivity index (χ3n) is 2.52. The molecular weight excluding hydrogens is 294 g/mol. The summed E-state index contributed by atoms with van der Waals surface area (Å²) in [5, 5.41) is 5.27. The van der Waals surface area contributed by atoms with Crippen molar-refractivity contribution < 1.29 is 14.3 Å². The third kappa shape index (κ3) is 8.16. The van der Waals surface area contributed by atoms with Crippen molar-refractivity contribution >= 4 is 29.9 Å². The van der Waals surface area contributed by atoms with Gasteiger partial charge in [-0.3, -0.25) is 9.59 Å². The highest BCUT2D eigenvalue weighted by atomic mass is 35.5. The quantitative estimate of drug-likeness (QED) is 0.707. The van der Waals surface area contributed by atoms with Crippen LogP contribution >= 0.6 is 12.4 Å². The van der Waals surface area contributed by atoms with E-state index < -0.39 is 0 Å². The Morgan fingerprint density at radius 2 is 1.86 bits per heavy atom. The monoisotopic (exact) mass is 315 g/mol. The number of anilines is 1. The van der Waals surface area contributed by atoms with Crippen LogP contribution in [0.15, 0.2) is 24.3 Å². The van der Waals surface area contributed by atoms with Crippen LogP contribution in [0.25, 0.3) is 0 Å². The minimum absolute atomic E-state index is 0. The maximum atomic E-state index is 11.5. The van der Waals surface area contributed by atoms with Gasteiger partial charge in [0.25, 0.3) is 0 Å². The number of nitrogens with two attached hydrogens (primary N) is 1. The average molecular weight is 316 g/mol. The van der Waals surface area contributed by atoms with Gasteiger partial charge in [-0.1, -0.05) is 0 Å².